The maximum absolute atomic E-state index is 10.7. The summed E-state index contributed by atoms with van der Waals surface area (Å²) in [6, 6.07) is 1.77. The Morgan fingerprint density at radius 1 is 1.73 bits per heavy atom. The molecule has 5 nitrogen and oxygen atoms in total. The molecule has 0 spiro atoms. The fourth-order valence-electron chi connectivity index (χ4n) is 1.60. The molecule has 2 unspecified atom stereocenters. The van der Waals surface area contributed by atoms with Gasteiger partial charge >= 0.3 is 5.97 Å². The standard InChI is InChI=1S/C10H17N3O2/c1-3-7(4-6(2)10(14)15)8-5-9(11)13-12-8/h5-7H,3-4H2,1-2H3,(H,14,15)(H3,11,12,13). The molecule has 2 atom stereocenters. The van der Waals surface area contributed by atoms with E-state index in [1.165, 1.54) is 0 Å². The first-order valence-electron chi connectivity index (χ1n) is 5.08. The van der Waals surface area contributed by atoms with Crippen molar-refractivity contribution >= 4 is 11.8 Å². The second-order valence-electron chi connectivity index (χ2n) is 3.83. The van der Waals surface area contributed by atoms with Crippen molar-refractivity contribution in [3.63, 3.8) is 0 Å². The lowest BCUT2D eigenvalue weighted by molar-refractivity contribution is -0.141. The number of carboxylic acid groups (broad SMARTS) is 1. The minimum absolute atomic E-state index is 0.181. The molecule has 0 saturated heterocycles. The van der Waals surface area contributed by atoms with E-state index in [0.29, 0.717) is 12.2 Å². The van der Waals surface area contributed by atoms with Crippen LogP contribution < -0.4 is 5.73 Å². The van der Waals surface area contributed by atoms with E-state index in [2.05, 4.69) is 10.2 Å². The van der Waals surface area contributed by atoms with Crippen LogP contribution in [0.2, 0.25) is 0 Å². The highest BCUT2D eigenvalue weighted by Gasteiger charge is 2.19. The van der Waals surface area contributed by atoms with Gasteiger partial charge in [-0.25, -0.2) is 0 Å². The summed E-state index contributed by atoms with van der Waals surface area (Å²) in [6.45, 7) is 3.74. The van der Waals surface area contributed by atoms with Gasteiger partial charge in [0.15, 0.2) is 0 Å². The second kappa shape index (κ2) is 4.82. The van der Waals surface area contributed by atoms with Crippen LogP contribution in [-0.2, 0) is 4.79 Å². The molecular formula is C10H17N3O2. The molecule has 4 N–H and O–H groups in total. The lowest BCUT2D eigenvalue weighted by atomic mass is 9.91. The third-order valence-electron chi connectivity index (χ3n) is 2.61. The zero-order valence-electron chi connectivity index (χ0n) is 9.03. The summed E-state index contributed by atoms with van der Waals surface area (Å²) in [6.07, 6.45) is 1.48. The molecule has 0 aliphatic carbocycles. The van der Waals surface area contributed by atoms with E-state index in [0.717, 1.165) is 12.1 Å². The van der Waals surface area contributed by atoms with Gasteiger partial charge < -0.3 is 10.8 Å². The monoisotopic (exact) mass is 211 g/mol. The Bertz CT molecular complexity index is 335. The number of nitrogen functional groups attached to an aromatic ring is 1. The Balaban J connectivity index is 2.68. The van der Waals surface area contributed by atoms with Gasteiger partial charge in [0.25, 0.3) is 0 Å². The first kappa shape index (κ1) is 11.6. The van der Waals surface area contributed by atoms with Crippen LogP contribution in [-0.4, -0.2) is 21.3 Å². The molecule has 0 radical (unpaired) electrons. The first-order valence-corrected chi connectivity index (χ1v) is 5.08. The van der Waals surface area contributed by atoms with E-state index in [4.69, 9.17) is 10.8 Å². The summed E-state index contributed by atoms with van der Waals surface area (Å²) in [5, 5.41) is 15.5. The fourth-order valence-corrected chi connectivity index (χ4v) is 1.60. The van der Waals surface area contributed by atoms with Crippen molar-refractivity contribution in [1.29, 1.82) is 0 Å². The number of nitrogens with one attached hydrogen (secondary N) is 1. The number of carbonyl (C=O) groups is 1. The number of H-pyrrole nitrogens is 1. The average Bonchev–Trinajstić information content (AvgIpc) is 2.60. The fraction of sp³-hybridized carbons (Fsp3) is 0.600. The van der Waals surface area contributed by atoms with Crippen molar-refractivity contribution in [3.8, 4) is 0 Å². The van der Waals surface area contributed by atoms with Gasteiger partial charge in [-0.2, -0.15) is 5.10 Å². The van der Waals surface area contributed by atoms with Gasteiger partial charge in [0.05, 0.1) is 5.92 Å². The lowest BCUT2D eigenvalue weighted by Gasteiger charge is -2.15. The molecule has 0 aromatic carbocycles. The van der Waals surface area contributed by atoms with E-state index < -0.39 is 5.97 Å². The van der Waals surface area contributed by atoms with Crippen LogP contribution in [0, 0.1) is 5.92 Å². The number of carboxylic acids is 1. The molecule has 0 saturated carbocycles. The van der Waals surface area contributed by atoms with Gasteiger partial charge in [0.1, 0.15) is 5.82 Å². The molecule has 1 aromatic rings. The smallest absolute Gasteiger partial charge is 0.306 e. The molecule has 0 fully saturated rings. The van der Waals surface area contributed by atoms with Crippen LogP contribution in [0.4, 0.5) is 5.82 Å². The number of anilines is 1. The Kier molecular flexibility index (Phi) is 3.71. The molecule has 15 heavy (non-hydrogen) atoms. The van der Waals surface area contributed by atoms with Crippen LogP contribution in [0.5, 0.6) is 0 Å². The normalized spacial score (nSPS) is 14.8. The van der Waals surface area contributed by atoms with Crippen LogP contribution in [0.15, 0.2) is 6.07 Å². The van der Waals surface area contributed by atoms with Crippen LogP contribution in [0.3, 0.4) is 0 Å². The predicted molar refractivity (Wildman–Crippen MR) is 57.4 cm³/mol. The minimum atomic E-state index is -0.763. The Morgan fingerprint density at radius 3 is 2.80 bits per heavy atom. The summed E-state index contributed by atoms with van der Waals surface area (Å²) < 4.78 is 0. The highest BCUT2D eigenvalue weighted by molar-refractivity contribution is 5.69. The Labute approximate surface area is 88.7 Å². The van der Waals surface area contributed by atoms with Gasteiger partial charge in [-0.15, -0.1) is 0 Å². The van der Waals surface area contributed by atoms with Crippen LogP contribution in [0.25, 0.3) is 0 Å². The zero-order valence-corrected chi connectivity index (χ0v) is 9.03. The molecule has 5 heteroatoms. The summed E-state index contributed by atoms with van der Waals surface area (Å²) in [5.74, 6) is -0.479. The summed E-state index contributed by atoms with van der Waals surface area (Å²) in [5.41, 5.74) is 6.42. The number of aliphatic carboxylic acids is 1. The van der Waals surface area contributed by atoms with Gasteiger partial charge in [-0.05, 0) is 12.8 Å². The highest BCUT2D eigenvalue weighted by atomic mass is 16.4. The number of nitrogens with zero attached hydrogens (tertiary/aromatic N) is 1. The van der Waals surface area contributed by atoms with E-state index in [-0.39, 0.29) is 11.8 Å². The molecule has 1 heterocycles. The summed E-state index contributed by atoms with van der Waals surface area (Å²) >= 11 is 0. The predicted octanol–water partition coefficient (Wildman–Crippen LogP) is 1.60. The van der Waals surface area contributed by atoms with Crippen molar-refractivity contribution in [1.82, 2.24) is 10.2 Å². The topological polar surface area (TPSA) is 92.0 Å². The van der Waals surface area contributed by atoms with E-state index in [9.17, 15) is 4.79 Å². The Hall–Kier alpha value is -1.52. The van der Waals surface area contributed by atoms with Crippen molar-refractivity contribution in [2.24, 2.45) is 5.92 Å². The highest BCUT2D eigenvalue weighted by Crippen LogP contribution is 2.26. The van der Waals surface area contributed by atoms with E-state index in [1.54, 1.807) is 13.0 Å². The molecule has 84 valence electrons. The maximum atomic E-state index is 10.7. The molecule has 1 aromatic heterocycles. The Morgan fingerprint density at radius 2 is 2.40 bits per heavy atom. The van der Waals surface area contributed by atoms with E-state index >= 15 is 0 Å². The third-order valence-corrected chi connectivity index (χ3v) is 2.61. The minimum Gasteiger partial charge on any atom is -0.481 e. The van der Waals surface area contributed by atoms with Crippen molar-refractivity contribution in [2.75, 3.05) is 5.73 Å². The summed E-state index contributed by atoms with van der Waals surface area (Å²) in [4.78, 5) is 10.7. The SMILES string of the molecule is CCC(CC(C)C(=O)O)c1cc(N)n[nH]1. The maximum Gasteiger partial charge on any atom is 0.306 e. The van der Waals surface area contributed by atoms with Crippen LogP contribution >= 0.6 is 0 Å². The first-order chi connectivity index (χ1) is 7.04. The number of hydrogen-bond acceptors (Lipinski definition) is 3. The number of aromatic amines is 1. The molecular weight excluding hydrogens is 194 g/mol. The van der Waals surface area contributed by atoms with Crippen LogP contribution in [0.1, 0.15) is 38.3 Å². The van der Waals surface area contributed by atoms with Crippen molar-refractivity contribution in [2.45, 2.75) is 32.6 Å². The molecule has 1 rings (SSSR count). The van der Waals surface area contributed by atoms with E-state index in [1.807, 2.05) is 6.92 Å². The average molecular weight is 211 g/mol. The number of nitrogens with two attached hydrogens (primary N) is 1. The van der Waals surface area contributed by atoms with Gasteiger partial charge in [-0.3, -0.25) is 9.89 Å². The summed E-state index contributed by atoms with van der Waals surface area (Å²) in [7, 11) is 0. The van der Waals surface area contributed by atoms with Gasteiger partial charge in [0.2, 0.25) is 0 Å². The lowest BCUT2D eigenvalue weighted by Crippen LogP contribution is -2.13. The largest absolute Gasteiger partial charge is 0.481 e. The quantitative estimate of drug-likeness (QED) is 0.689. The second-order valence-corrected chi connectivity index (χ2v) is 3.83. The number of aromatic nitrogens is 2. The number of rotatable bonds is 5. The van der Waals surface area contributed by atoms with Crippen molar-refractivity contribution < 1.29 is 9.90 Å². The zero-order chi connectivity index (χ0) is 11.4. The van der Waals surface area contributed by atoms with Gasteiger partial charge in [0, 0.05) is 17.7 Å². The van der Waals surface area contributed by atoms with Crippen molar-refractivity contribution in [3.05, 3.63) is 11.8 Å². The molecule has 0 aliphatic rings. The third kappa shape index (κ3) is 2.97. The molecule has 0 aliphatic heterocycles. The molecule has 0 bridgehead atoms. The molecule has 0 amide bonds. The number of hydrogen-bond donors (Lipinski definition) is 3. The van der Waals surface area contributed by atoms with Gasteiger partial charge in [-0.1, -0.05) is 13.8 Å².